The molecule has 4 heterocycles. The van der Waals surface area contributed by atoms with Crippen molar-refractivity contribution in [3.05, 3.63) is 67.0 Å². The highest BCUT2D eigenvalue weighted by atomic mass is 32.2. The molecule has 0 bridgehead atoms. The quantitative estimate of drug-likeness (QED) is 0.284. The van der Waals surface area contributed by atoms with Gasteiger partial charge in [-0.25, -0.2) is 4.98 Å². The lowest BCUT2D eigenvalue weighted by atomic mass is 10.1. The summed E-state index contributed by atoms with van der Waals surface area (Å²) in [5.74, 6) is 0.0709. The van der Waals surface area contributed by atoms with Crippen molar-refractivity contribution in [1.29, 1.82) is 0 Å². The van der Waals surface area contributed by atoms with Crippen molar-refractivity contribution < 1.29 is 18.4 Å². The summed E-state index contributed by atoms with van der Waals surface area (Å²) in [5.41, 5.74) is 4.07. The van der Waals surface area contributed by atoms with E-state index in [1.54, 1.807) is 54.2 Å². The molecule has 1 amide bonds. The van der Waals surface area contributed by atoms with Gasteiger partial charge in [0, 0.05) is 35.3 Å². The van der Waals surface area contributed by atoms with E-state index >= 15 is 0 Å². The molecule has 4 aromatic rings. The summed E-state index contributed by atoms with van der Waals surface area (Å²) in [6.45, 7) is 2.53. The second-order valence-corrected chi connectivity index (χ2v) is 8.94. The monoisotopic (exact) mass is 460 g/mol. The fourth-order valence-electron chi connectivity index (χ4n) is 3.73. The van der Waals surface area contributed by atoms with E-state index in [-0.39, 0.29) is 11.7 Å². The Balaban J connectivity index is 1.35. The predicted molar refractivity (Wildman–Crippen MR) is 123 cm³/mol. The van der Waals surface area contributed by atoms with Gasteiger partial charge in [-0.05, 0) is 49.7 Å². The van der Waals surface area contributed by atoms with Crippen LogP contribution in [0.2, 0.25) is 0 Å². The number of rotatable bonds is 7. The number of thioether (sulfide) groups is 1. The molecular formula is C24H20N4O4S. The maximum Gasteiger partial charge on any atom is 0.227 e. The van der Waals surface area contributed by atoms with Gasteiger partial charge in [0.15, 0.2) is 5.78 Å². The third-order valence-electron chi connectivity index (χ3n) is 5.44. The second-order valence-electron chi connectivity index (χ2n) is 7.64. The van der Waals surface area contributed by atoms with E-state index in [4.69, 9.17) is 8.83 Å². The van der Waals surface area contributed by atoms with Crippen molar-refractivity contribution >= 4 is 29.1 Å². The summed E-state index contributed by atoms with van der Waals surface area (Å²) in [6, 6.07) is 10.7. The molecule has 33 heavy (non-hydrogen) atoms. The van der Waals surface area contributed by atoms with Crippen LogP contribution in [0.3, 0.4) is 0 Å². The van der Waals surface area contributed by atoms with Crippen molar-refractivity contribution in [3.8, 4) is 22.5 Å². The van der Waals surface area contributed by atoms with Gasteiger partial charge in [0.25, 0.3) is 0 Å². The number of benzene rings is 1. The smallest absolute Gasteiger partial charge is 0.227 e. The van der Waals surface area contributed by atoms with Crippen molar-refractivity contribution in [2.45, 2.75) is 30.2 Å². The van der Waals surface area contributed by atoms with Gasteiger partial charge in [0.1, 0.15) is 11.4 Å². The van der Waals surface area contributed by atoms with E-state index in [1.807, 2.05) is 19.1 Å². The Hall–Kier alpha value is -3.72. The van der Waals surface area contributed by atoms with Gasteiger partial charge >= 0.3 is 0 Å². The molecule has 1 saturated heterocycles. The first-order valence-corrected chi connectivity index (χ1v) is 11.4. The predicted octanol–water partition coefficient (Wildman–Crippen LogP) is 4.88. The minimum atomic E-state index is -0.428. The Bertz CT molecular complexity index is 1270. The van der Waals surface area contributed by atoms with Crippen LogP contribution in [-0.2, 0) is 4.79 Å². The van der Waals surface area contributed by atoms with Crippen molar-refractivity contribution in [1.82, 2.24) is 15.2 Å². The average Bonchev–Trinajstić information content (AvgIpc) is 3.61. The minimum absolute atomic E-state index is 0.0494. The lowest BCUT2D eigenvalue weighted by Crippen LogP contribution is -2.23. The number of Topliss-reactive ketones (excluding diaryl/α,β-unsaturated/α-hetero) is 1. The summed E-state index contributed by atoms with van der Waals surface area (Å²) in [6.07, 6.45) is 7.72. The molecule has 0 radical (unpaired) electrons. The maximum atomic E-state index is 13.0. The zero-order valence-electron chi connectivity index (χ0n) is 17.8. The molecular weight excluding hydrogens is 440 g/mol. The fraction of sp³-hybridized carbons (Fsp3) is 0.208. The molecule has 8 nitrogen and oxygen atoms in total. The Kier molecular flexibility index (Phi) is 5.78. The zero-order chi connectivity index (χ0) is 22.8. The van der Waals surface area contributed by atoms with Gasteiger partial charge in [-0.15, -0.1) is 10.2 Å². The molecule has 5 rings (SSSR count). The number of hydrogen-bond acceptors (Lipinski definition) is 8. The first-order valence-electron chi connectivity index (χ1n) is 10.5. The molecule has 0 aliphatic carbocycles. The molecule has 0 unspecified atom stereocenters. The number of amides is 1. The number of anilines is 1. The van der Waals surface area contributed by atoms with Crippen molar-refractivity contribution in [3.63, 3.8) is 0 Å². The highest BCUT2D eigenvalue weighted by Gasteiger charge is 2.24. The number of ketones is 1. The largest absolute Gasteiger partial charge is 0.472 e. The molecule has 9 heteroatoms. The van der Waals surface area contributed by atoms with Gasteiger partial charge in [-0.1, -0.05) is 11.8 Å². The van der Waals surface area contributed by atoms with Crippen LogP contribution < -0.4 is 4.90 Å². The van der Waals surface area contributed by atoms with Crippen molar-refractivity contribution in [2.24, 2.45) is 0 Å². The summed E-state index contributed by atoms with van der Waals surface area (Å²) < 4.78 is 10.4. The lowest BCUT2D eigenvalue weighted by Gasteiger charge is -2.16. The molecule has 0 N–H and O–H groups in total. The summed E-state index contributed by atoms with van der Waals surface area (Å²) in [7, 11) is 0. The first kappa shape index (κ1) is 21.1. The number of carbonyl (C=O) groups is 2. The van der Waals surface area contributed by atoms with Gasteiger partial charge < -0.3 is 13.7 Å². The average molecular weight is 461 g/mol. The summed E-state index contributed by atoms with van der Waals surface area (Å²) in [5, 5.41) is 8.53. The van der Waals surface area contributed by atoms with Crippen molar-refractivity contribution in [2.75, 3.05) is 11.4 Å². The van der Waals surface area contributed by atoms with Crippen LogP contribution in [0.15, 0.2) is 75.4 Å². The Morgan fingerprint density at radius 2 is 1.70 bits per heavy atom. The van der Waals surface area contributed by atoms with Gasteiger partial charge in [0.05, 0.1) is 30.3 Å². The minimum Gasteiger partial charge on any atom is -0.472 e. The van der Waals surface area contributed by atoms with Crippen LogP contribution in [0.5, 0.6) is 0 Å². The van der Waals surface area contributed by atoms with E-state index in [1.165, 1.54) is 11.8 Å². The molecule has 1 atom stereocenters. The van der Waals surface area contributed by atoms with Crippen LogP contribution in [0.4, 0.5) is 5.69 Å². The Morgan fingerprint density at radius 1 is 1.00 bits per heavy atom. The molecule has 1 fully saturated rings. The maximum absolute atomic E-state index is 13.0. The molecule has 3 aromatic heterocycles. The Morgan fingerprint density at radius 3 is 2.30 bits per heavy atom. The molecule has 1 aliphatic heterocycles. The lowest BCUT2D eigenvalue weighted by molar-refractivity contribution is -0.117. The van der Waals surface area contributed by atoms with Crippen LogP contribution in [-0.4, -0.2) is 38.7 Å². The van der Waals surface area contributed by atoms with Gasteiger partial charge in [-0.3, -0.25) is 9.59 Å². The zero-order valence-corrected chi connectivity index (χ0v) is 18.6. The summed E-state index contributed by atoms with van der Waals surface area (Å²) in [4.78, 5) is 31.4. The van der Waals surface area contributed by atoms with E-state index in [2.05, 4.69) is 15.2 Å². The number of hydrogen-bond donors (Lipinski definition) is 0. The van der Waals surface area contributed by atoms with Gasteiger partial charge in [-0.2, -0.15) is 0 Å². The SMILES string of the molecule is C[C@H](Sc1nnc(-c2ccoc2)c(-c2ccoc2)n1)C(=O)c1ccc(N2CCCC2=O)cc1. The molecule has 0 saturated carbocycles. The normalized spacial score (nSPS) is 14.6. The van der Waals surface area contributed by atoms with E-state index < -0.39 is 5.25 Å². The molecule has 166 valence electrons. The second kappa shape index (κ2) is 9.03. The Labute approximate surface area is 194 Å². The highest BCUT2D eigenvalue weighted by molar-refractivity contribution is 8.00. The summed E-state index contributed by atoms with van der Waals surface area (Å²) >= 11 is 1.24. The molecule has 1 aliphatic rings. The van der Waals surface area contributed by atoms with E-state index in [0.29, 0.717) is 28.5 Å². The number of carbonyl (C=O) groups excluding carboxylic acids is 2. The van der Waals surface area contributed by atoms with Gasteiger partial charge in [0.2, 0.25) is 11.1 Å². The fourth-order valence-corrected chi connectivity index (χ4v) is 4.52. The van der Waals surface area contributed by atoms with Crippen LogP contribution in [0.25, 0.3) is 22.5 Å². The van der Waals surface area contributed by atoms with Crippen LogP contribution >= 0.6 is 11.8 Å². The number of aromatic nitrogens is 3. The van der Waals surface area contributed by atoms with Crippen LogP contribution in [0, 0.1) is 0 Å². The molecule has 1 aromatic carbocycles. The standard InChI is InChI=1S/C24H20N4O4S/c1-15(23(30)16-4-6-19(7-5-16)28-10-2-3-20(28)29)33-24-25-21(17-8-11-31-13-17)22(26-27-24)18-9-12-32-14-18/h4-9,11-15H,2-3,10H2,1H3/t15-/m0/s1. The van der Waals surface area contributed by atoms with Crippen LogP contribution in [0.1, 0.15) is 30.1 Å². The third-order valence-corrected chi connectivity index (χ3v) is 6.40. The van der Waals surface area contributed by atoms with E-state index in [9.17, 15) is 9.59 Å². The molecule has 0 spiro atoms. The highest BCUT2D eigenvalue weighted by Crippen LogP contribution is 2.32. The van der Waals surface area contributed by atoms with E-state index in [0.717, 1.165) is 29.8 Å². The number of furan rings is 2. The third kappa shape index (κ3) is 4.31. The number of nitrogens with zero attached hydrogens (tertiary/aromatic N) is 4. The topological polar surface area (TPSA) is 102 Å². The first-order chi connectivity index (χ1) is 16.1.